The van der Waals surface area contributed by atoms with Gasteiger partial charge in [-0.05, 0) is 86.1 Å². The van der Waals surface area contributed by atoms with E-state index in [0.29, 0.717) is 5.56 Å². The maximum atomic E-state index is 11.0. The smallest absolute Gasteiger partial charge is 0.335 e. The highest BCUT2D eigenvalue weighted by atomic mass is 16.5. The van der Waals surface area contributed by atoms with Gasteiger partial charge in [0.15, 0.2) is 0 Å². The van der Waals surface area contributed by atoms with Crippen LogP contribution < -0.4 is 4.74 Å². The monoisotopic (exact) mass is 364 g/mol. The molecule has 142 valence electrons. The van der Waals surface area contributed by atoms with Crippen LogP contribution in [0.3, 0.4) is 0 Å². The minimum Gasteiger partial charge on any atom is -0.488 e. The summed E-state index contributed by atoms with van der Waals surface area (Å²) in [5.74, 6) is 0.0778. The second-order valence-corrected chi connectivity index (χ2v) is 8.84. The van der Waals surface area contributed by atoms with Crippen molar-refractivity contribution < 1.29 is 14.6 Å². The molecule has 0 aromatic heterocycles. The van der Waals surface area contributed by atoms with Gasteiger partial charge in [0.1, 0.15) is 11.4 Å². The zero-order valence-corrected chi connectivity index (χ0v) is 17.0. The molecule has 0 fully saturated rings. The molecule has 0 unspecified atom stereocenters. The zero-order chi connectivity index (χ0) is 20.0. The van der Waals surface area contributed by atoms with Crippen molar-refractivity contribution in [1.29, 1.82) is 0 Å². The Bertz CT molecular complexity index is 915. The fraction of sp³-hybridized carbons (Fsp3) is 0.375. The molecule has 1 aliphatic heterocycles. The van der Waals surface area contributed by atoms with Crippen LogP contribution in [0, 0.1) is 6.92 Å². The first-order valence-electron chi connectivity index (χ1n) is 9.35. The molecular formula is C24H28O3. The molecule has 0 radical (unpaired) electrons. The van der Waals surface area contributed by atoms with Crippen LogP contribution in [0.25, 0.3) is 11.6 Å². The quantitative estimate of drug-likeness (QED) is 0.670. The molecule has 0 amide bonds. The van der Waals surface area contributed by atoms with E-state index >= 15 is 0 Å². The Balaban J connectivity index is 2.01. The lowest BCUT2D eigenvalue weighted by Gasteiger charge is -2.43. The molecule has 27 heavy (non-hydrogen) atoms. The molecule has 0 aliphatic carbocycles. The number of carbonyl (C=O) groups is 1. The summed E-state index contributed by atoms with van der Waals surface area (Å²) in [5, 5.41) is 9.04. The second kappa shape index (κ2) is 6.56. The summed E-state index contributed by atoms with van der Waals surface area (Å²) in [5.41, 5.74) is 5.95. The zero-order valence-electron chi connectivity index (χ0n) is 17.0. The molecule has 0 bridgehead atoms. The highest BCUT2D eigenvalue weighted by molar-refractivity contribution is 5.88. The number of rotatable bonds is 3. The Kier molecular flexibility index (Phi) is 4.67. The highest BCUT2D eigenvalue weighted by Gasteiger charge is 2.39. The van der Waals surface area contributed by atoms with E-state index in [1.54, 1.807) is 12.1 Å². The number of ether oxygens (including phenoxy) is 1. The van der Waals surface area contributed by atoms with Gasteiger partial charge in [-0.3, -0.25) is 0 Å². The summed E-state index contributed by atoms with van der Waals surface area (Å²) in [4.78, 5) is 11.0. The van der Waals surface area contributed by atoms with E-state index in [1.807, 2.05) is 12.1 Å². The minimum atomic E-state index is -0.905. The van der Waals surface area contributed by atoms with E-state index < -0.39 is 5.97 Å². The van der Waals surface area contributed by atoms with Crippen molar-refractivity contribution >= 4 is 17.6 Å². The van der Waals surface area contributed by atoms with Gasteiger partial charge in [-0.1, -0.05) is 32.1 Å². The van der Waals surface area contributed by atoms with Gasteiger partial charge < -0.3 is 9.84 Å². The van der Waals surface area contributed by atoms with Crippen molar-refractivity contribution in [2.45, 2.75) is 59.0 Å². The van der Waals surface area contributed by atoms with Crippen LogP contribution in [0.1, 0.15) is 73.7 Å². The number of allylic oxidation sites excluding steroid dienone is 1. The molecule has 3 nitrogen and oxygen atoms in total. The van der Waals surface area contributed by atoms with Crippen LogP contribution in [-0.2, 0) is 5.41 Å². The van der Waals surface area contributed by atoms with Crippen LogP contribution in [0.2, 0.25) is 0 Å². The number of carboxylic acids is 1. The number of benzene rings is 2. The van der Waals surface area contributed by atoms with Crippen LogP contribution in [-0.4, -0.2) is 16.7 Å². The average molecular weight is 364 g/mol. The normalized spacial score (nSPS) is 17.8. The van der Waals surface area contributed by atoms with E-state index in [4.69, 9.17) is 9.84 Å². The van der Waals surface area contributed by atoms with Gasteiger partial charge in [0.25, 0.3) is 0 Å². The Hall–Kier alpha value is -2.55. The summed E-state index contributed by atoms with van der Waals surface area (Å²) < 4.78 is 6.25. The third-order valence-electron chi connectivity index (χ3n) is 5.28. The molecule has 2 aromatic rings. The molecule has 1 N–H and O–H groups in total. The number of aromatic carboxylic acids is 1. The minimum absolute atomic E-state index is 0.0446. The summed E-state index contributed by atoms with van der Waals surface area (Å²) in [7, 11) is 0. The van der Waals surface area contributed by atoms with Crippen LogP contribution in [0.5, 0.6) is 5.75 Å². The molecule has 0 spiro atoms. The van der Waals surface area contributed by atoms with Gasteiger partial charge in [0.05, 0.1) is 5.56 Å². The molecule has 0 atom stereocenters. The van der Waals surface area contributed by atoms with E-state index in [2.05, 4.69) is 59.8 Å². The van der Waals surface area contributed by atoms with Gasteiger partial charge in [-0.15, -0.1) is 0 Å². The maximum absolute atomic E-state index is 11.0. The Labute approximate surface area is 161 Å². The first-order chi connectivity index (χ1) is 12.5. The first-order valence-corrected chi connectivity index (χ1v) is 9.35. The fourth-order valence-corrected chi connectivity index (χ4v) is 4.26. The molecule has 0 saturated carbocycles. The van der Waals surface area contributed by atoms with Crippen molar-refractivity contribution in [3.8, 4) is 5.75 Å². The van der Waals surface area contributed by atoms with Crippen molar-refractivity contribution in [2.24, 2.45) is 0 Å². The number of hydrogen-bond donors (Lipinski definition) is 1. The summed E-state index contributed by atoms with van der Waals surface area (Å²) in [6.07, 6.45) is 3.07. The highest BCUT2D eigenvalue weighted by Crippen LogP contribution is 2.46. The Morgan fingerprint density at radius 2 is 1.74 bits per heavy atom. The average Bonchev–Trinajstić information content (AvgIpc) is 2.52. The number of aryl methyl sites for hydroxylation is 1. The predicted molar refractivity (Wildman–Crippen MR) is 110 cm³/mol. The van der Waals surface area contributed by atoms with E-state index in [9.17, 15) is 4.79 Å². The third kappa shape index (κ3) is 3.92. The molecule has 1 aliphatic rings. The number of carboxylic acid groups (broad SMARTS) is 1. The third-order valence-corrected chi connectivity index (χ3v) is 5.28. The molecule has 3 heteroatoms. The molecular weight excluding hydrogens is 336 g/mol. The molecule has 2 aromatic carbocycles. The lowest BCUT2D eigenvalue weighted by molar-refractivity contribution is 0.0533. The van der Waals surface area contributed by atoms with Crippen molar-refractivity contribution in [3.63, 3.8) is 0 Å². The van der Waals surface area contributed by atoms with Crippen molar-refractivity contribution in [2.75, 3.05) is 0 Å². The van der Waals surface area contributed by atoms with Crippen LogP contribution in [0.4, 0.5) is 0 Å². The van der Waals surface area contributed by atoms with Gasteiger partial charge in [-0.25, -0.2) is 4.79 Å². The van der Waals surface area contributed by atoms with Gasteiger partial charge in [0, 0.05) is 5.56 Å². The Morgan fingerprint density at radius 1 is 1.11 bits per heavy atom. The lowest BCUT2D eigenvalue weighted by atomic mass is 9.72. The van der Waals surface area contributed by atoms with Gasteiger partial charge in [0.2, 0.25) is 0 Å². The fourth-order valence-electron chi connectivity index (χ4n) is 4.26. The largest absolute Gasteiger partial charge is 0.488 e. The van der Waals surface area contributed by atoms with E-state index in [0.717, 1.165) is 23.3 Å². The predicted octanol–water partition coefficient (Wildman–Crippen LogP) is 6.09. The SMILES string of the molecule is C/C(=C/c1ccc(C(=O)O)cc1)c1cc2c(cc1C)OC(C)(C)CC2(C)C. The van der Waals surface area contributed by atoms with Gasteiger partial charge >= 0.3 is 5.97 Å². The maximum Gasteiger partial charge on any atom is 0.335 e. The van der Waals surface area contributed by atoms with E-state index in [1.165, 1.54) is 16.7 Å². The summed E-state index contributed by atoms with van der Waals surface area (Å²) in [6, 6.07) is 11.4. The van der Waals surface area contributed by atoms with Crippen LogP contribution >= 0.6 is 0 Å². The topological polar surface area (TPSA) is 46.5 Å². The number of hydrogen-bond acceptors (Lipinski definition) is 2. The second-order valence-electron chi connectivity index (χ2n) is 8.84. The van der Waals surface area contributed by atoms with E-state index in [-0.39, 0.29) is 11.0 Å². The Morgan fingerprint density at radius 3 is 2.33 bits per heavy atom. The molecule has 0 saturated heterocycles. The number of fused-ring (bicyclic) bond motifs is 1. The van der Waals surface area contributed by atoms with Crippen molar-refractivity contribution in [1.82, 2.24) is 0 Å². The first kappa shape index (κ1) is 19.2. The molecule has 3 rings (SSSR count). The summed E-state index contributed by atoms with van der Waals surface area (Å²) >= 11 is 0. The van der Waals surface area contributed by atoms with Gasteiger partial charge in [-0.2, -0.15) is 0 Å². The van der Waals surface area contributed by atoms with Crippen molar-refractivity contribution in [3.05, 3.63) is 64.2 Å². The van der Waals surface area contributed by atoms with Crippen LogP contribution in [0.15, 0.2) is 36.4 Å². The standard InChI is InChI=1S/C24H28O3/c1-15(11-17-7-9-18(10-8-17)22(25)26)19-13-20-21(12-16(19)2)27-24(5,6)14-23(20,3)4/h7-13H,14H2,1-6H3,(H,25,26)/b15-11-. The molecule has 1 heterocycles. The summed E-state index contributed by atoms with van der Waals surface area (Å²) in [6.45, 7) is 13.1. The lowest BCUT2D eigenvalue weighted by Crippen LogP contribution is -2.41.